The van der Waals surface area contributed by atoms with Crippen LogP contribution in [0.4, 0.5) is 4.39 Å². The van der Waals surface area contributed by atoms with Crippen molar-refractivity contribution in [2.45, 2.75) is 31.8 Å². The summed E-state index contributed by atoms with van der Waals surface area (Å²) in [7, 11) is 0. The molecule has 2 aromatic carbocycles. The van der Waals surface area contributed by atoms with E-state index < -0.39 is 5.91 Å². The number of fused-ring (bicyclic) bond motifs is 2. The lowest BCUT2D eigenvalue weighted by Gasteiger charge is -2.27. The molecule has 2 aromatic heterocycles. The van der Waals surface area contributed by atoms with Crippen molar-refractivity contribution in [2.75, 3.05) is 6.61 Å². The van der Waals surface area contributed by atoms with Crippen LogP contribution in [-0.2, 0) is 4.74 Å². The third-order valence-electron chi connectivity index (χ3n) is 5.68. The number of primary amides is 1. The summed E-state index contributed by atoms with van der Waals surface area (Å²) in [4.78, 5) is 30.8. The zero-order chi connectivity index (χ0) is 22.7. The fourth-order valence-electron chi connectivity index (χ4n) is 3.94. The standard InChI is InChI=1S/C15H17N3O3.C10H7F/c1-8-2-3-9(7-21-8)11-6-12(19)13-10(18-11)4-5-17-14(13)15(16)20;11-10-7-3-5-8-4-1-2-6-9(8)10/h4-6,8-9H,2-3,7H2,1H3,(H2,16,20)(H,18,19);1-7H. The van der Waals surface area contributed by atoms with Gasteiger partial charge in [0.05, 0.1) is 23.6 Å². The molecule has 164 valence electrons. The minimum atomic E-state index is -0.700. The predicted octanol–water partition coefficient (Wildman–Crippen LogP) is 4.28. The number of nitrogens with two attached hydrogens (primary N) is 1. The van der Waals surface area contributed by atoms with Crippen molar-refractivity contribution in [3.63, 3.8) is 0 Å². The number of H-pyrrole nitrogens is 1. The summed E-state index contributed by atoms with van der Waals surface area (Å²) in [6, 6.07) is 15.7. The van der Waals surface area contributed by atoms with Crippen LogP contribution in [0.2, 0.25) is 0 Å². The second-order valence-electron chi connectivity index (χ2n) is 7.91. The van der Waals surface area contributed by atoms with Crippen molar-refractivity contribution in [3.05, 3.63) is 88.2 Å². The molecule has 1 saturated heterocycles. The number of nitrogens with one attached hydrogen (secondary N) is 1. The number of benzene rings is 2. The van der Waals surface area contributed by atoms with E-state index in [0.29, 0.717) is 17.5 Å². The van der Waals surface area contributed by atoms with E-state index in [-0.39, 0.29) is 34.3 Å². The number of nitrogens with zero attached hydrogens (tertiary/aromatic N) is 1. The first-order valence-corrected chi connectivity index (χ1v) is 10.5. The third-order valence-corrected chi connectivity index (χ3v) is 5.68. The van der Waals surface area contributed by atoms with Gasteiger partial charge < -0.3 is 15.5 Å². The Hall–Kier alpha value is -3.58. The van der Waals surface area contributed by atoms with Crippen LogP contribution >= 0.6 is 0 Å². The Labute approximate surface area is 184 Å². The summed E-state index contributed by atoms with van der Waals surface area (Å²) < 4.78 is 18.6. The highest BCUT2D eigenvalue weighted by atomic mass is 19.1. The zero-order valence-electron chi connectivity index (χ0n) is 17.7. The minimum absolute atomic E-state index is 0.00816. The van der Waals surface area contributed by atoms with Crippen LogP contribution in [0.15, 0.2) is 65.6 Å². The molecule has 6 nitrogen and oxygen atoms in total. The molecule has 5 rings (SSSR count). The summed E-state index contributed by atoms with van der Waals surface area (Å²) >= 11 is 0. The Balaban J connectivity index is 0.000000186. The molecular weight excluding hydrogens is 409 g/mol. The number of hydrogen-bond acceptors (Lipinski definition) is 4. The molecule has 4 aromatic rings. The third kappa shape index (κ3) is 4.53. The van der Waals surface area contributed by atoms with E-state index in [1.54, 1.807) is 18.2 Å². The maximum absolute atomic E-state index is 13.0. The first-order chi connectivity index (χ1) is 15.4. The molecule has 7 heteroatoms. The van der Waals surface area contributed by atoms with E-state index in [4.69, 9.17) is 10.5 Å². The van der Waals surface area contributed by atoms with Gasteiger partial charge in [-0.1, -0.05) is 36.4 Å². The summed E-state index contributed by atoms with van der Waals surface area (Å²) in [5, 5.41) is 1.89. The Morgan fingerprint density at radius 2 is 1.94 bits per heavy atom. The van der Waals surface area contributed by atoms with Gasteiger partial charge in [-0.05, 0) is 37.3 Å². The lowest BCUT2D eigenvalue weighted by atomic mass is 9.95. The number of aromatic amines is 1. The number of pyridine rings is 2. The van der Waals surface area contributed by atoms with E-state index in [1.165, 1.54) is 18.3 Å². The Bertz CT molecular complexity index is 1320. The molecular formula is C25H24FN3O3. The second-order valence-corrected chi connectivity index (χ2v) is 7.91. The van der Waals surface area contributed by atoms with E-state index >= 15 is 0 Å². The number of rotatable bonds is 2. The summed E-state index contributed by atoms with van der Waals surface area (Å²) in [5.41, 5.74) is 6.46. The minimum Gasteiger partial charge on any atom is -0.378 e. The van der Waals surface area contributed by atoms with Gasteiger partial charge in [0.15, 0.2) is 5.43 Å². The molecule has 3 heterocycles. The molecule has 1 fully saturated rings. The average molecular weight is 433 g/mol. The highest BCUT2D eigenvalue weighted by Gasteiger charge is 2.22. The van der Waals surface area contributed by atoms with Crippen molar-refractivity contribution >= 4 is 27.6 Å². The fourth-order valence-corrected chi connectivity index (χ4v) is 3.94. The van der Waals surface area contributed by atoms with Crippen molar-refractivity contribution in [1.82, 2.24) is 9.97 Å². The van der Waals surface area contributed by atoms with Gasteiger partial charge in [-0.3, -0.25) is 14.6 Å². The van der Waals surface area contributed by atoms with Crippen molar-refractivity contribution < 1.29 is 13.9 Å². The van der Waals surface area contributed by atoms with Gasteiger partial charge in [0.1, 0.15) is 11.5 Å². The number of halogens is 1. The quantitative estimate of drug-likeness (QED) is 0.493. The van der Waals surface area contributed by atoms with Gasteiger partial charge in [-0.25, -0.2) is 4.39 Å². The lowest BCUT2D eigenvalue weighted by Crippen LogP contribution is -2.24. The van der Waals surface area contributed by atoms with Gasteiger partial charge in [0, 0.05) is 29.3 Å². The highest BCUT2D eigenvalue weighted by Crippen LogP contribution is 2.27. The van der Waals surface area contributed by atoms with E-state index in [0.717, 1.165) is 23.9 Å². The van der Waals surface area contributed by atoms with Crippen LogP contribution in [-0.4, -0.2) is 28.6 Å². The lowest BCUT2D eigenvalue weighted by molar-refractivity contribution is 0.0147. The Morgan fingerprint density at radius 1 is 1.16 bits per heavy atom. The van der Waals surface area contributed by atoms with E-state index in [2.05, 4.69) is 9.97 Å². The molecule has 2 atom stereocenters. The molecule has 3 N–H and O–H groups in total. The molecule has 0 spiro atoms. The highest BCUT2D eigenvalue weighted by molar-refractivity contribution is 6.03. The summed E-state index contributed by atoms with van der Waals surface area (Å²) in [5.74, 6) is -0.680. The normalized spacial score (nSPS) is 18.2. The van der Waals surface area contributed by atoms with E-state index in [1.807, 2.05) is 31.2 Å². The number of aromatic nitrogens is 2. The van der Waals surface area contributed by atoms with Gasteiger partial charge in [-0.15, -0.1) is 0 Å². The molecule has 1 aliphatic rings. The van der Waals surface area contributed by atoms with Gasteiger partial charge in [-0.2, -0.15) is 0 Å². The molecule has 0 radical (unpaired) electrons. The number of amides is 1. The van der Waals surface area contributed by atoms with Gasteiger partial charge >= 0.3 is 0 Å². The Morgan fingerprint density at radius 3 is 2.66 bits per heavy atom. The molecule has 2 unspecified atom stereocenters. The number of hydrogen-bond donors (Lipinski definition) is 2. The predicted molar refractivity (Wildman–Crippen MR) is 122 cm³/mol. The van der Waals surface area contributed by atoms with Crippen LogP contribution in [0.3, 0.4) is 0 Å². The first-order valence-electron chi connectivity index (χ1n) is 10.5. The molecule has 0 saturated carbocycles. The molecule has 32 heavy (non-hydrogen) atoms. The van der Waals surface area contributed by atoms with Crippen molar-refractivity contribution in [2.24, 2.45) is 5.73 Å². The zero-order valence-corrected chi connectivity index (χ0v) is 17.7. The van der Waals surface area contributed by atoms with Gasteiger partial charge in [0.2, 0.25) is 0 Å². The molecule has 1 aliphatic heterocycles. The summed E-state index contributed by atoms with van der Waals surface area (Å²) in [6.45, 7) is 2.64. The SMILES string of the molecule is CC1CCC(c2cc(=O)c3c(C(N)=O)nccc3[nH]2)CO1.Fc1cccc2ccccc12. The van der Waals surface area contributed by atoms with Crippen LogP contribution in [0.5, 0.6) is 0 Å². The van der Waals surface area contributed by atoms with Crippen LogP contribution in [0.1, 0.15) is 41.9 Å². The number of ether oxygens (including phenoxy) is 1. The van der Waals surface area contributed by atoms with Crippen molar-refractivity contribution in [1.29, 1.82) is 0 Å². The van der Waals surface area contributed by atoms with Crippen molar-refractivity contribution in [3.8, 4) is 0 Å². The van der Waals surface area contributed by atoms with E-state index in [9.17, 15) is 14.0 Å². The van der Waals surface area contributed by atoms with Crippen LogP contribution in [0.25, 0.3) is 21.7 Å². The maximum atomic E-state index is 13.0. The molecule has 0 bridgehead atoms. The first kappa shape index (κ1) is 21.6. The number of carbonyl (C=O) groups excluding carboxylic acids is 1. The second kappa shape index (κ2) is 9.28. The number of carbonyl (C=O) groups is 1. The van der Waals surface area contributed by atoms with Gasteiger partial charge in [0.25, 0.3) is 5.91 Å². The average Bonchev–Trinajstić information content (AvgIpc) is 2.80. The molecule has 1 amide bonds. The maximum Gasteiger partial charge on any atom is 0.268 e. The fraction of sp³-hybridized carbons (Fsp3) is 0.240. The smallest absolute Gasteiger partial charge is 0.268 e. The Kier molecular flexibility index (Phi) is 6.28. The molecule has 0 aliphatic carbocycles. The topological polar surface area (TPSA) is 98.1 Å². The monoisotopic (exact) mass is 433 g/mol. The van der Waals surface area contributed by atoms with Crippen LogP contribution < -0.4 is 11.2 Å². The largest absolute Gasteiger partial charge is 0.378 e. The van der Waals surface area contributed by atoms with Crippen LogP contribution in [0, 0.1) is 5.82 Å². The summed E-state index contributed by atoms with van der Waals surface area (Å²) in [6.07, 6.45) is 3.67.